The van der Waals surface area contributed by atoms with E-state index in [1.807, 2.05) is 20.8 Å². The first kappa shape index (κ1) is 18.0. The van der Waals surface area contributed by atoms with Crippen molar-refractivity contribution >= 4 is 5.69 Å². The maximum absolute atomic E-state index is 10.7. The van der Waals surface area contributed by atoms with E-state index in [1.165, 1.54) is 12.1 Å². The van der Waals surface area contributed by atoms with E-state index in [-0.39, 0.29) is 17.6 Å². The predicted octanol–water partition coefficient (Wildman–Crippen LogP) is 2.70. The number of nitrogens with zero attached hydrogens (tertiary/aromatic N) is 3. The lowest BCUT2D eigenvalue weighted by Gasteiger charge is -2.20. The van der Waals surface area contributed by atoms with E-state index in [4.69, 9.17) is 4.52 Å². The number of nitrogens with one attached hydrogen (secondary N) is 1. The minimum Gasteiger partial charge on any atom is -0.392 e. The van der Waals surface area contributed by atoms with Crippen LogP contribution in [0.5, 0.6) is 0 Å². The fourth-order valence-corrected chi connectivity index (χ4v) is 2.23. The van der Waals surface area contributed by atoms with Crippen LogP contribution >= 0.6 is 0 Å². The number of aromatic nitrogens is 2. The smallest absolute Gasteiger partial charge is 0.269 e. The molecule has 0 radical (unpaired) electrons. The SMILES string of the molecule is CCC(O)CNC(c1nc(-c2ccc([N+](=O)[O-])cc2)no1)C(C)C. The third kappa shape index (κ3) is 4.36. The van der Waals surface area contributed by atoms with Crippen molar-refractivity contribution in [1.82, 2.24) is 15.5 Å². The van der Waals surface area contributed by atoms with Gasteiger partial charge < -0.3 is 14.9 Å². The van der Waals surface area contributed by atoms with Crippen LogP contribution in [0.4, 0.5) is 5.69 Å². The van der Waals surface area contributed by atoms with Gasteiger partial charge in [-0.15, -0.1) is 0 Å². The molecule has 0 amide bonds. The molecular formula is C16H22N4O4. The summed E-state index contributed by atoms with van der Waals surface area (Å²) in [5, 5.41) is 27.6. The highest BCUT2D eigenvalue weighted by molar-refractivity contribution is 5.56. The molecule has 0 saturated heterocycles. The number of hydrogen-bond acceptors (Lipinski definition) is 7. The van der Waals surface area contributed by atoms with E-state index >= 15 is 0 Å². The number of aliphatic hydroxyl groups is 1. The standard InChI is InChI=1S/C16H22N4O4/c1-4-13(21)9-17-14(10(2)3)16-18-15(19-24-16)11-5-7-12(8-6-11)20(22)23/h5-8,10,13-14,17,21H,4,9H2,1-3H3. The van der Waals surface area contributed by atoms with Gasteiger partial charge in [0.2, 0.25) is 11.7 Å². The molecule has 1 heterocycles. The van der Waals surface area contributed by atoms with Gasteiger partial charge in [0.25, 0.3) is 5.69 Å². The first-order valence-electron chi connectivity index (χ1n) is 7.92. The lowest BCUT2D eigenvalue weighted by Crippen LogP contribution is -2.32. The molecule has 2 aromatic rings. The fourth-order valence-electron chi connectivity index (χ4n) is 2.23. The molecule has 2 N–H and O–H groups in total. The Bertz CT molecular complexity index is 669. The highest BCUT2D eigenvalue weighted by Crippen LogP contribution is 2.24. The summed E-state index contributed by atoms with van der Waals surface area (Å²) in [5.74, 6) is 1.00. The van der Waals surface area contributed by atoms with Crippen molar-refractivity contribution in [3.05, 3.63) is 40.3 Å². The lowest BCUT2D eigenvalue weighted by molar-refractivity contribution is -0.384. The van der Waals surface area contributed by atoms with Crippen molar-refractivity contribution in [3.8, 4) is 11.4 Å². The summed E-state index contributed by atoms with van der Waals surface area (Å²) in [6, 6.07) is 5.81. The number of non-ortho nitro benzene ring substituents is 1. The Morgan fingerprint density at radius 3 is 2.54 bits per heavy atom. The Hall–Kier alpha value is -2.32. The van der Waals surface area contributed by atoms with Gasteiger partial charge in [-0.1, -0.05) is 25.9 Å². The van der Waals surface area contributed by atoms with Crippen LogP contribution in [0, 0.1) is 16.0 Å². The van der Waals surface area contributed by atoms with Crippen molar-refractivity contribution in [1.29, 1.82) is 0 Å². The molecule has 2 rings (SSSR count). The summed E-state index contributed by atoms with van der Waals surface area (Å²) in [5.41, 5.74) is 0.657. The Morgan fingerprint density at radius 1 is 1.33 bits per heavy atom. The molecule has 0 bridgehead atoms. The third-order valence-corrected chi connectivity index (χ3v) is 3.76. The molecule has 8 nitrogen and oxygen atoms in total. The van der Waals surface area contributed by atoms with E-state index in [0.717, 1.165) is 0 Å². The van der Waals surface area contributed by atoms with Crippen LogP contribution in [0.3, 0.4) is 0 Å². The van der Waals surface area contributed by atoms with Gasteiger partial charge in [0.1, 0.15) is 0 Å². The minimum absolute atomic E-state index is 0.0118. The van der Waals surface area contributed by atoms with Crippen LogP contribution in [-0.4, -0.2) is 32.8 Å². The van der Waals surface area contributed by atoms with Crippen LogP contribution in [0.15, 0.2) is 28.8 Å². The van der Waals surface area contributed by atoms with Gasteiger partial charge in [0.15, 0.2) is 0 Å². The van der Waals surface area contributed by atoms with Crippen molar-refractivity contribution in [2.24, 2.45) is 5.92 Å². The van der Waals surface area contributed by atoms with Gasteiger partial charge in [-0.3, -0.25) is 10.1 Å². The molecule has 1 aromatic heterocycles. The second-order valence-electron chi connectivity index (χ2n) is 5.95. The topological polar surface area (TPSA) is 114 Å². The van der Waals surface area contributed by atoms with Crippen LogP contribution in [0.2, 0.25) is 0 Å². The lowest BCUT2D eigenvalue weighted by atomic mass is 10.0. The van der Waals surface area contributed by atoms with Crippen LogP contribution in [-0.2, 0) is 0 Å². The van der Waals surface area contributed by atoms with Crippen molar-refractivity contribution in [2.75, 3.05) is 6.54 Å². The summed E-state index contributed by atoms with van der Waals surface area (Å²) in [6.07, 6.45) is 0.235. The summed E-state index contributed by atoms with van der Waals surface area (Å²) in [6.45, 7) is 6.39. The summed E-state index contributed by atoms with van der Waals surface area (Å²) >= 11 is 0. The van der Waals surface area contributed by atoms with Gasteiger partial charge in [-0.25, -0.2) is 0 Å². The monoisotopic (exact) mass is 334 g/mol. The number of aliphatic hydroxyl groups excluding tert-OH is 1. The predicted molar refractivity (Wildman–Crippen MR) is 88.3 cm³/mol. The zero-order valence-electron chi connectivity index (χ0n) is 14.0. The molecule has 24 heavy (non-hydrogen) atoms. The van der Waals surface area contributed by atoms with Gasteiger partial charge >= 0.3 is 0 Å². The highest BCUT2D eigenvalue weighted by Gasteiger charge is 2.23. The van der Waals surface area contributed by atoms with Gasteiger partial charge in [0.05, 0.1) is 17.1 Å². The minimum atomic E-state index is -0.455. The zero-order valence-corrected chi connectivity index (χ0v) is 14.0. The van der Waals surface area contributed by atoms with Gasteiger partial charge in [-0.2, -0.15) is 4.98 Å². The normalized spacial score (nSPS) is 13.9. The molecular weight excluding hydrogens is 312 g/mol. The Morgan fingerprint density at radius 2 is 2.00 bits per heavy atom. The van der Waals surface area contributed by atoms with E-state index < -0.39 is 11.0 Å². The summed E-state index contributed by atoms with van der Waals surface area (Å²) in [4.78, 5) is 14.6. The quantitative estimate of drug-likeness (QED) is 0.563. The maximum Gasteiger partial charge on any atom is 0.269 e. The molecule has 8 heteroatoms. The van der Waals surface area contributed by atoms with E-state index in [0.29, 0.717) is 30.2 Å². The van der Waals surface area contributed by atoms with Crippen molar-refractivity contribution < 1.29 is 14.6 Å². The molecule has 2 atom stereocenters. The number of hydrogen-bond donors (Lipinski definition) is 2. The highest BCUT2D eigenvalue weighted by atomic mass is 16.6. The largest absolute Gasteiger partial charge is 0.392 e. The number of nitro groups is 1. The average molecular weight is 334 g/mol. The first-order chi connectivity index (χ1) is 11.4. The van der Waals surface area contributed by atoms with Crippen molar-refractivity contribution in [2.45, 2.75) is 39.3 Å². The van der Waals surface area contributed by atoms with Crippen LogP contribution in [0.1, 0.15) is 39.1 Å². The molecule has 0 aliphatic rings. The molecule has 0 spiro atoms. The molecule has 0 aliphatic heterocycles. The zero-order chi connectivity index (χ0) is 17.7. The molecule has 1 aromatic carbocycles. The van der Waals surface area contributed by atoms with E-state index in [9.17, 15) is 15.2 Å². The first-order valence-corrected chi connectivity index (χ1v) is 7.92. The Kier molecular flexibility index (Phi) is 5.99. The maximum atomic E-state index is 10.7. The molecule has 130 valence electrons. The summed E-state index contributed by atoms with van der Waals surface area (Å²) in [7, 11) is 0. The third-order valence-electron chi connectivity index (χ3n) is 3.76. The molecule has 2 unspecified atom stereocenters. The number of rotatable bonds is 8. The van der Waals surface area contributed by atoms with Crippen LogP contribution in [0.25, 0.3) is 11.4 Å². The van der Waals surface area contributed by atoms with E-state index in [1.54, 1.807) is 12.1 Å². The number of benzene rings is 1. The number of nitro benzene ring substituents is 1. The molecule has 0 saturated carbocycles. The second-order valence-corrected chi connectivity index (χ2v) is 5.95. The average Bonchev–Trinajstić information content (AvgIpc) is 3.04. The van der Waals surface area contributed by atoms with Crippen LogP contribution < -0.4 is 5.32 Å². The molecule has 0 aliphatic carbocycles. The van der Waals surface area contributed by atoms with Crippen molar-refractivity contribution in [3.63, 3.8) is 0 Å². The van der Waals surface area contributed by atoms with E-state index in [2.05, 4.69) is 15.5 Å². The van der Waals surface area contributed by atoms with Gasteiger partial charge in [-0.05, 0) is 24.5 Å². The van der Waals surface area contributed by atoms with Gasteiger partial charge in [0, 0.05) is 24.2 Å². The Labute approximate surface area is 140 Å². The Balaban J connectivity index is 2.16. The molecule has 0 fully saturated rings. The summed E-state index contributed by atoms with van der Waals surface area (Å²) < 4.78 is 5.35. The fraction of sp³-hybridized carbons (Fsp3) is 0.500. The second kappa shape index (κ2) is 7.98.